The number of rotatable bonds is 6. The Morgan fingerprint density at radius 1 is 1.77 bits per heavy atom. The molecule has 0 spiro atoms. The molecule has 0 fully saturated rings. The van der Waals surface area contributed by atoms with Gasteiger partial charge in [0.2, 0.25) is 0 Å². The average molecular weight is 185 g/mol. The fraction of sp³-hybridized carbons (Fsp3) is 0.667. The Labute approximate surface area is 78.5 Å². The normalized spacial score (nSPS) is 12.5. The molecule has 0 aromatic heterocycles. The number of methoxy groups -OCH3 is 1. The van der Waals surface area contributed by atoms with Crippen molar-refractivity contribution in [2.45, 2.75) is 13.0 Å². The molecule has 0 amide bonds. The monoisotopic (exact) mass is 185 g/mol. The first-order chi connectivity index (χ1) is 6.10. The molecule has 1 N–H and O–H groups in total. The zero-order valence-electron chi connectivity index (χ0n) is 7.99. The largest absolute Gasteiger partial charge is 0.480 e. The number of terminal acetylenes is 1. The Bertz CT molecular complexity index is 198. The summed E-state index contributed by atoms with van der Waals surface area (Å²) < 4.78 is 5.01. The van der Waals surface area contributed by atoms with Crippen molar-refractivity contribution in [2.24, 2.45) is 0 Å². The smallest absolute Gasteiger partial charge is 0.317 e. The lowest BCUT2D eigenvalue weighted by Gasteiger charge is -2.20. The molecular weight excluding hydrogens is 170 g/mol. The zero-order chi connectivity index (χ0) is 10.3. The lowest BCUT2D eigenvalue weighted by molar-refractivity contribution is -0.138. The van der Waals surface area contributed by atoms with Crippen molar-refractivity contribution < 1.29 is 14.6 Å². The van der Waals surface area contributed by atoms with Crippen molar-refractivity contribution >= 4 is 5.97 Å². The topological polar surface area (TPSA) is 49.8 Å². The molecule has 0 saturated carbocycles. The van der Waals surface area contributed by atoms with Crippen LogP contribution in [0.2, 0.25) is 0 Å². The van der Waals surface area contributed by atoms with Gasteiger partial charge in [0, 0.05) is 13.7 Å². The van der Waals surface area contributed by atoms with Crippen LogP contribution in [0.1, 0.15) is 6.92 Å². The molecule has 0 aromatic rings. The second-order valence-corrected chi connectivity index (χ2v) is 2.81. The van der Waals surface area contributed by atoms with E-state index in [9.17, 15) is 4.79 Å². The third-order valence-corrected chi connectivity index (χ3v) is 1.59. The van der Waals surface area contributed by atoms with Gasteiger partial charge in [-0.15, -0.1) is 6.42 Å². The molecule has 0 aliphatic carbocycles. The van der Waals surface area contributed by atoms with Crippen molar-refractivity contribution in [1.82, 2.24) is 4.90 Å². The number of nitrogens with zero attached hydrogens (tertiary/aromatic N) is 1. The van der Waals surface area contributed by atoms with Crippen molar-refractivity contribution in [3.8, 4) is 12.3 Å². The summed E-state index contributed by atoms with van der Waals surface area (Å²) in [6.45, 7) is 2.69. The zero-order valence-corrected chi connectivity index (χ0v) is 7.99. The van der Waals surface area contributed by atoms with Crippen LogP contribution < -0.4 is 0 Å². The first kappa shape index (κ1) is 11.9. The molecule has 0 heterocycles. The molecule has 0 aliphatic heterocycles. The Kier molecular flexibility index (Phi) is 5.94. The highest BCUT2D eigenvalue weighted by molar-refractivity contribution is 5.69. The SMILES string of the molecule is C#CCN(CC(=O)O)CC(C)OC. The quantitative estimate of drug-likeness (QED) is 0.594. The molecule has 1 unspecified atom stereocenters. The molecule has 13 heavy (non-hydrogen) atoms. The van der Waals surface area contributed by atoms with Crippen LogP contribution in [0, 0.1) is 12.3 Å². The predicted octanol–water partition coefficient (Wildman–Crippen LogP) is 0.0411. The van der Waals surface area contributed by atoms with E-state index in [0.717, 1.165) is 0 Å². The Hall–Kier alpha value is -1.05. The molecule has 0 aromatic carbocycles. The molecule has 0 bridgehead atoms. The second kappa shape index (κ2) is 6.46. The maximum atomic E-state index is 10.4. The molecule has 4 heteroatoms. The molecule has 0 rings (SSSR count). The third-order valence-electron chi connectivity index (χ3n) is 1.59. The van der Waals surface area contributed by atoms with E-state index in [-0.39, 0.29) is 12.6 Å². The van der Waals surface area contributed by atoms with Gasteiger partial charge in [0.25, 0.3) is 0 Å². The Morgan fingerprint density at radius 2 is 2.38 bits per heavy atom. The van der Waals surface area contributed by atoms with Crippen LogP contribution in [0.3, 0.4) is 0 Å². The molecule has 0 aliphatic rings. The van der Waals surface area contributed by atoms with Gasteiger partial charge in [0.1, 0.15) is 0 Å². The third kappa shape index (κ3) is 6.14. The van der Waals surface area contributed by atoms with Crippen LogP contribution in [0.15, 0.2) is 0 Å². The van der Waals surface area contributed by atoms with E-state index in [4.69, 9.17) is 16.3 Å². The number of carboxylic acid groups (broad SMARTS) is 1. The van der Waals surface area contributed by atoms with E-state index in [0.29, 0.717) is 13.1 Å². The summed E-state index contributed by atoms with van der Waals surface area (Å²) >= 11 is 0. The summed E-state index contributed by atoms with van der Waals surface area (Å²) in [7, 11) is 1.58. The van der Waals surface area contributed by atoms with Crippen LogP contribution in [-0.2, 0) is 9.53 Å². The van der Waals surface area contributed by atoms with E-state index in [2.05, 4.69) is 5.92 Å². The minimum atomic E-state index is -0.876. The van der Waals surface area contributed by atoms with Crippen molar-refractivity contribution in [3.63, 3.8) is 0 Å². The number of ether oxygens (including phenoxy) is 1. The fourth-order valence-electron chi connectivity index (χ4n) is 0.944. The highest BCUT2D eigenvalue weighted by Gasteiger charge is 2.11. The minimum Gasteiger partial charge on any atom is -0.480 e. The first-order valence-electron chi connectivity index (χ1n) is 4.00. The van der Waals surface area contributed by atoms with Gasteiger partial charge >= 0.3 is 5.97 Å². The number of carbonyl (C=O) groups is 1. The lowest BCUT2D eigenvalue weighted by atomic mass is 10.3. The van der Waals surface area contributed by atoms with Gasteiger partial charge in [-0.1, -0.05) is 5.92 Å². The number of carboxylic acids is 1. The summed E-state index contributed by atoms with van der Waals surface area (Å²) in [5, 5.41) is 8.55. The summed E-state index contributed by atoms with van der Waals surface area (Å²) in [6.07, 6.45) is 5.09. The van der Waals surface area contributed by atoms with E-state index < -0.39 is 5.97 Å². The number of hydrogen-bond acceptors (Lipinski definition) is 3. The van der Waals surface area contributed by atoms with Gasteiger partial charge in [-0.2, -0.15) is 0 Å². The summed E-state index contributed by atoms with van der Waals surface area (Å²) in [5.41, 5.74) is 0. The van der Waals surface area contributed by atoms with Crippen LogP contribution in [0.5, 0.6) is 0 Å². The Morgan fingerprint density at radius 3 is 2.77 bits per heavy atom. The van der Waals surface area contributed by atoms with Crippen LogP contribution in [-0.4, -0.2) is 48.8 Å². The number of aliphatic carboxylic acids is 1. The first-order valence-corrected chi connectivity index (χ1v) is 4.00. The summed E-state index contributed by atoms with van der Waals surface area (Å²) in [5.74, 6) is 1.53. The van der Waals surface area contributed by atoms with Gasteiger partial charge in [0.05, 0.1) is 19.2 Å². The average Bonchev–Trinajstić information content (AvgIpc) is 2.03. The molecule has 74 valence electrons. The van der Waals surface area contributed by atoms with Crippen LogP contribution in [0.25, 0.3) is 0 Å². The predicted molar refractivity (Wildman–Crippen MR) is 49.4 cm³/mol. The molecular formula is C9H15NO3. The van der Waals surface area contributed by atoms with Crippen molar-refractivity contribution in [2.75, 3.05) is 26.7 Å². The molecule has 0 radical (unpaired) electrons. The van der Waals surface area contributed by atoms with Crippen LogP contribution in [0.4, 0.5) is 0 Å². The van der Waals surface area contributed by atoms with Crippen molar-refractivity contribution in [3.05, 3.63) is 0 Å². The maximum Gasteiger partial charge on any atom is 0.317 e. The fourth-order valence-corrected chi connectivity index (χ4v) is 0.944. The summed E-state index contributed by atoms with van der Waals surface area (Å²) in [6, 6.07) is 0. The second-order valence-electron chi connectivity index (χ2n) is 2.81. The molecule has 0 saturated heterocycles. The lowest BCUT2D eigenvalue weighted by Crippen LogP contribution is -2.36. The molecule has 4 nitrogen and oxygen atoms in total. The van der Waals surface area contributed by atoms with Gasteiger partial charge in [-0.25, -0.2) is 0 Å². The Balaban J connectivity index is 3.94. The van der Waals surface area contributed by atoms with Gasteiger partial charge in [-0.05, 0) is 6.92 Å². The minimum absolute atomic E-state index is 0.00676. The highest BCUT2D eigenvalue weighted by atomic mass is 16.5. The van der Waals surface area contributed by atoms with Crippen LogP contribution >= 0.6 is 0 Å². The van der Waals surface area contributed by atoms with E-state index in [1.807, 2.05) is 6.92 Å². The van der Waals surface area contributed by atoms with Gasteiger partial charge in [-0.3, -0.25) is 9.69 Å². The molecule has 1 atom stereocenters. The van der Waals surface area contributed by atoms with E-state index in [1.54, 1.807) is 12.0 Å². The van der Waals surface area contributed by atoms with E-state index >= 15 is 0 Å². The number of hydrogen-bond donors (Lipinski definition) is 1. The van der Waals surface area contributed by atoms with Gasteiger partial charge in [0.15, 0.2) is 0 Å². The maximum absolute atomic E-state index is 10.4. The van der Waals surface area contributed by atoms with E-state index in [1.165, 1.54) is 0 Å². The standard InChI is InChI=1S/C9H15NO3/c1-4-5-10(7-9(11)12)6-8(2)13-3/h1,8H,5-7H2,2-3H3,(H,11,12). The summed E-state index contributed by atoms with van der Waals surface area (Å²) in [4.78, 5) is 12.1. The highest BCUT2D eigenvalue weighted by Crippen LogP contribution is 1.94. The van der Waals surface area contributed by atoms with Gasteiger partial charge < -0.3 is 9.84 Å². The van der Waals surface area contributed by atoms with Crippen molar-refractivity contribution in [1.29, 1.82) is 0 Å².